The highest BCUT2D eigenvalue weighted by molar-refractivity contribution is 9.10. The molecule has 3 rings (SSSR count). The first-order chi connectivity index (χ1) is 15.5. The maximum absolute atomic E-state index is 12.0. The minimum atomic E-state index is -0.308. The maximum Gasteiger partial charge on any atom is 0.335 e. The molecule has 0 saturated heterocycles. The number of nitrogens with zero attached hydrogens (tertiary/aromatic N) is 1. The van der Waals surface area contributed by atoms with Crippen molar-refractivity contribution < 1.29 is 19.0 Å². The van der Waals surface area contributed by atoms with Gasteiger partial charge in [-0.25, -0.2) is 10.2 Å². The van der Waals surface area contributed by atoms with E-state index in [9.17, 15) is 4.79 Å². The van der Waals surface area contributed by atoms with Crippen LogP contribution in [0, 0.1) is 0 Å². The number of ether oxygens (including phenoxy) is 3. The Balaban J connectivity index is 1.50. The van der Waals surface area contributed by atoms with E-state index in [-0.39, 0.29) is 12.1 Å². The molecule has 172 valence electrons. The van der Waals surface area contributed by atoms with Crippen molar-refractivity contribution in [2.75, 3.05) is 20.3 Å². The second kappa shape index (κ2) is 12.6. The molecule has 2 amide bonds. The Hall–Kier alpha value is -2.45. The Bertz CT molecular complexity index is 918. The molecule has 2 aromatic rings. The highest BCUT2D eigenvalue weighted by atomic mass is 79.9. The second-order valence-corrected chi connectivity index (χ2v) is 8.69. The van der Waals surface area contributed by atoms with Gasteiger partial charge in [-0.2, -0.15) is 5.10 Å². The Morgan fingerprint density at radius 3 is 2.59 bits per heavy atom. The second-order valence-electron chi connectivity index (χ2n) is 7.36. The number of amides is 2. The van der Waals surface area contributed by atoms with Crippen LogP contribution < -0.4 is 25.0 Å². The maximum atomic E-state index is 12.0. The van der Waals surface area contributed by atoms with E-state index in [0.29, 0.717) is 35.3 Å². The quantitative estimate of drug-likeness (QED) is 0.257. The fraction of sp³-hybridized carbons (Fsp3) is 0.391. The molecule has 2 N–H and O–H groups in total. The summed E-state index contributed by atoms with van der Waals surface area (Å²) in [6.07, 6.45) is 7.07. The minimum absolute atomic E-state index is 0.220. The molecular formula is C23H27BrClN3O4. The van der Waals surface area contributed by atoms with Gasteiger partial charge in [-0.3, -0.25) is 0 Å². The first-order valence-electron chi connectivity index (χ1n) is 10.5. The molecule has 1 fully saturated rings. The molecule has 0 spiro atoms. The number of benzene rings is 2. The number of rotatable bonds is 9. The van der Waals surface area contributed by atoms with Crippen molar-refractivity contribution in [3.63, 3.8) is 0 Å². The minimum Gasteiger partial charge on any atom is -0.493 e. The highest BCUT2D eigenvalue weighted by Crippen LogP contribution is 2.36. The lowest BCUT2D eigenvalue weighted by molar-refractivity contribution is 0.211. The normalized spacial score (nSPS) is 14.2. The molecular weight excluding hydrogens is 498 g/mol. The number of hydrazone groups is 1. The van der Waals surface area contributed by atoms with Crippen LogP contribution in [0.3, 0.4) is 0 Å². The van der Waals surface area contributed by atoms with Gasteiger partial charge in [-0.05, 0) is 54.8 Å². The Morgan fingerprint density at radius 2 is 1.88 bits per heavy atom. The molecule has 0 aliphatic heterocycles. The van der Waals surface area contributed by atoms with E-state index in [1.54, 1.807) is 12.1 Å². The lowest BCUT2D eigenvalue weighted by Gasteiger charge is -2.22. The van der Waals surface area contributed by atoms with E-state index in [1.807, 2.05) is 24.3 Å². The van der Waals surface area contributed by atoms with Gasteiger partial charge in [0.2, 0.25) is 0 Å². The van der Waals surface area contributed by atoms with Gasteiger partial charge in [0.25, 0.3) is 0 Å². The largest absolute Gasteiger partial charge is 0.493 e. The fourth-order valence-electron chi connectivity index (χ4n) is 3.42. The van der Waals surface area contributed by atoms with Gasteiger partial charge in [0.05, 0.1) is 18.3 Å². The van der Waals surface area contributed by atoms with Crippen molar-refractivity contribution in [3.8, 4) is 17.2 Å². The third-order valence-electron chi connectivity index (χ3n) is 4.98. The number of methoxy groups -OCH3 is 1. The summed E-state index contributed by atoms with van der Waals surface area (Å²) >= 11 is 9.77. The lowest BCUT2D eigenvalue weighted by Crippen LogP contribution is -2.41. The first kappa shape index (κ1) is 24.2. The zero-order valence-electron chi connectivity index (χ0n) is 17.9. The summed E-state index contributed by atoms with van der Waals surface area (Å²) in [6, 6.07) is 10.9. The van der Waals surface area contributed by atoms with E-state index in [4.69, 9.17) is 25.8 Å². The summed E-state index contributed by atoms with van der Waals surface area (Å²) in [5.74, 6) is 1.64. The number of hydrogen-bond acceptors (Lipinski definition) is 5. The molecule has 0 heterocycles. The topological polar surface area (TPSA) is 81.2 Å². The SMILES string of the molecule is COc1cc(/C=N\NC(=O)NC2CCCCC2)cc(Cl)c1OCCOc1ccc(Br)cc1. The van der Waals surface area contributed by atoms with Crippen LogP contribution in [0.2, 0.25) is 5.02 Å². The Morgan fingerprint density at radius 1 is 1.16 bits per heavy atom. The molecule has 32 heavy (non-hydrogen) atoms. The molecule has 1 aliphatic rings. The molecule has 0 aromatic heterocycles. The summed E-state index contributed by atoms with van der Waals surface area (Å²) < 4.78 is 17.8. The Labute approximate surface area is 201 Å². The van der Waals surface area contributed by atoms with Crippen LogP contribution in [0.25, 0.3) is 0 Å². The van der Waals surface area contributed by atoms with Crippen molar-refractivity contribution in [3.05, 3.63) is 51.5 Å². The zero-order chi connectivity index (χ0) is 22.8. The molecule has 1 saturated carbocycles. The molecule has 2 aromatic carbocycles. The molecule has 0 atom stereocenters. The third kappa shape index (κ3) is 7.60. The van der Waals surface area contributed by atoms with Crippen LogP contribution in [-0.4, -0.2) is 38.6 Å². The molecule has 1 aliphatic carbocycles. The predicted molar refractivity (Wildman–Crippen MR) is 129 cm³/mol. The van der Waals surface area contributed by atoms with Crippen molar-refractivity contribution in [1.29, 1.82) is 0 Å². The van der Waals surface area contributed by atoms with Crippen molar-refractivity contribution in [2.24, 2.45) is 5.10 Å². The standard InChI is InChI=1S/C23H27BrClN3O4/c1-30-21-14-16(15-26-28-23(29)27-18-5-3-2-4-6-18)13-20(25)22(21)32-12-11-31-19-9-7-17(24)8-10-19/h7-10,13-15,18H,2-6,11-12H2,1H3,(H2,27,28,29)/b26-15-. The van der Waals surface area contributed by atoms with E-state index in [2.05, 4.69) is 31.8 Å². The summed E-state index contributed by atoms with van der Waals surface area (Å²) in [7, 11) is 1.54. The van der Waals surface area contributed by atoms with Crippen LogP contribution in [0.5, 0.6) is 17.2 Å². The summed E-state index contributed by atoms with van der Waals surface area (Å²) in [6.45, 7) is 0.646. The summed E-state index contributed by atoms with van der Waals surface area (Å²) in [5, 5.41) is 7.32. The number of hydrogen-bond donors (Lipinski definition) is 2. The molecule has 0 unspecified atom stereocenters. The van der Waals surface area contributed by atoms with Gasteiger partial charge in [0, 0.05) is 10.5 Å². The van der Waals surface area contributed by atoms with Crippen molar-refractivity contribution in [2.45, 2.75) is 38.1 Å². The van der Waals surface area contributed by atoms with E-state index in [1.165, 1.54) is 19.7 Å². The molecule has 0 bridgehead atoms. The van der Waals surface area contributed by atoms with Gasteiger partial charge >= 0.3 is 6.03 Å². The average Bonchev–Trinajstić information content (AvgIpc) is 2.79. The van der Waals surface area contributed by atoms with Gasteiger partial charge in [-0.15, -0.1) is 0 Å². The van der Waals surface area contributed by atoms with Gasteiger partial charge in [0.1, 0.15) is 19.0 Å². The van der Waals surface area contributed by atoms with Crippen LogP contribution in [0.1, 0.15) is 37.7 Å². The monoisotopic (exact) mass is 523 g/mol. The summed E-state index contributed by atoms with van der Waals surface area (Å²) in [5.41, 5.74) is 3.17. The lowest BCUT2D eigenvalue weighted by atomic mass is 9.96. The van der Waals surface area contributed by atoms with Gasteiger partial charge in [0.15, 0.2) is 11.5 Å². The molecule has 7 nitrogen and oxygen atoms in total. The highest BCUT2D eigenvalue weighted by Gasteiger charge is 2.15. The van der Waals surface area contributed by atoms with E-state index < -0.39 is 0 Å². The van der Waals surface area contributed by atoms with Crippen LogP contribution in [0.4, 0.5) is 4.79 Å². The first-order valence-corrected chi connectivity index (χ1v) is 11.7. The number of urea groups is 1. The zero-order valence-corrected chi connectivity index (χ0v) is 20.2. The number of carbonyl (C=O) groups excluding carboxylic acids is 1. The number of carbonyl (C=O) groups is 1. The fourth-order valence-corrected chi connectivity index (χ4v) is 3.96. The van der Waals surface area contributed by atoms with E-state index >= 15 is 0 Å². The summed E-state index contributed by atoms with van der Waals surface area (Å²) in [4.78, 5) is 12.0. The molecule has 9 heteroatoms. The van der Waals surface area contributed by atoms with Crippen LogP contribution in [0.15, 0.2) is 46.0 Å². The van der Waals surface area contributed by atoms with Gasteiger partial charge in [-0.1, -0.05) is 46.8 Å². The van der Waals surface area contributed by atoms with E-state index in [0.717, 1.165) is 35.9 Å². The van der Waals surface area contributed by atoms with Gasteiger partial charge < -0.3 is 19.5 Å². The third-order valence-corrected chi connectivity index (χ3v) is 5.79. The van der Waals surface area contributed by atoms with Crippen LogP contribution >= 0.6 is 27.5 Å². The van der Waals surface area contributed by atoms with Crippen LogP contribution in [-0.2, 0) is 0 Å². The molecule has 0 radical (unpaired) electrons. The number of nitrogens with one attached hydrogen (secondary N) is 2. The van der Waals surface area contributed by atoms with Crippen molar-refractivity contribution >= 4 is 39.8 Å². The predicted octanol–water partition coefficient (Wildman–Crippen LogP) is 5.53. The average molecular weight is 525 g/mol. The number of halogens is 2. The van der Waals surface area contributed by atoms with Crippen molar-refractivity contribution in [1.82, 2.24) is 10.7 Å². The Kier molecular flexibility index (Phi) is 9.49. The smallest absolute Gasteiger partial charge is 0.335 e.